The molecular formula is C14H11ClFNO4. The van der Waals surface area contributed by atoms with Crippen LogP contribution in [0.15, 0.2) is 36.4 Å². The molecule has 0 saturated heterocycles. The van der Waals surface area contributed by atoms with Crippen LogP contribution >= 0.6 is 11.6 Å². The zero-order valence-electron chi connectivity index (χ0n) is 10.8. The minimum atomic E-state index is -0.596. The maximum Gasteiger partial charge on any atom is 0.311 e. The van der Waals surface area contributed by atoms with Crippen LogP contribution in [0.4, 0.5) is 10.1 Å². The van der Waals surface area contributed by atoms with Crippen LogP contribution in [-0.2, 0) is 13.2 Å². The number of hydrogen-bond donors (Lipinski definition) is 1. The number of ether oxygens (including phenoxy) is 1. The van der Waals surface area contributed by atoms with Crippen LogP contribution in [0.3, 0.4) is 0 Å². The molecule has 110 valence electrons. The Bertz CT molecular complexity index is 678. The summed E-state index contributed by atoms with van der Waals surface area (Å²) in [6, 6.07) is 7.99. The molecule has 5 nitrogen and oxygen atoms in total. The lowest BCUT2D eigenvalue weighted by molar-refractivity contribution is -0.386. The summed E-state index contributed by atoms with van der Waals surface area (Å²) in [5.41, 5.74) is 0.673. The Morgan fingerprint density at radius 2 is 2.05 bits per heavy atom. The molecular weight excluding hydrogens is 301 g/mol. The van der Waals surface area contributed by atoms with E-state index in [0.29, 0.717) is 11.1 Å². The summed E-state index contributed by atoms with van der Waals surface area (Å²) < 4.78 is 18.3. The first-order valence-corrected chi connectivity index (χ1v) is 6.34. The van der Waals surface area contributed by atoms with Gasteiger partial charge in [-0.2, -0.15) is 0 Å². The Hall–Kier alpha value is -2.18. The van der Waals surface area contributed by atoms with Crippen LogP contribution in [0.5, 0.6) is 5.75 Å². The lowest BCUT2D eigenvalue weighted by atomic mass is 10.2. The van der Waals surface area contributed by atoms with Crippen LogP contribution in [0.1, 0.15) is 11.1 Å². The van der Waals surface area contributed by atoms with E-state index in [9.17, 15) is 14.5 Å². The van der Waals surface area contributed by atoms with Crippen molar-refractivity contribution in [3.63, 3.8) is 0 Å². The summed E-state index contributed by atoms with van der Waals surface area (Å²) in [6.45, 7) is -0.330. The van der Waals surface area contributed by atoms with Crippen molar-refractivity contribution in [3.05, 3.63) is 68.5 Å². The Kier molecular flexibility index (Phi) is 4.72. The molecule has 0 atom stereocenters. The van der Waals surface area contributed by atoms with E-state index in [4.69, 9.17) is 21.4 Å². The molecule has 0 aromatic heterocycles. The van der Waals surface area contributed by atoms with Gasteiger partial charge in [0.1, 0.15) is 12.4 Å². The van der Waals surface area contributed by atoms with Crippen molar-refractivity contribution < 1.29 is 19.2 Å². The molecule has 0 unspecified atom stereocenters. The lowest BCUT2D eigenvalue weighted by Gasteiger charge is -2.09. The standard InChI is InChI=1S/C14H11ClFNO4/c15-12-6-11(16)3-2-10(12)8-21-14-4-1-9(7-18)5-13(14)17(19)20/h1-6,18H,7-8H2. The monoisotopic (exact) mass is 311 g/mol. The van der Waals surface area contributed by atoms with Gasteiger partial charge in [0.05, 0.1) is 16.6 Å². The number of halogens is 2. The van der Waals surface area contributed by atoms with Crippen LogP contribution < -0.4 is 4.74 Å². The van der Waals surface area contributed by atoms with Crippen molar-refractivity contribution in [2.45, 2.75) is 13.2 Å². The predicted molar refractivity (Wildman–Crippen MR) is 74.8 cm³/mol. The molecule has 2 aromatic carbocycles. The van der Waals surface area contributed by atoms with Crippen molar-refractivity contribution in [3.8, 4) is 5.75 Å². The van der Waals surface area contributed by atoms with Gasteiger partial charge in [0.15, 0.2) is 5.75 Å². The summed E-state index contributed by atoms with van der Waals surface area (Å²) in [4.78, 5) is 10.4. The fourth-order valence-corrected chi connectivity index (χ4v) is 1.94. The number of aliphatic hydroxyl groups excluding tert-OH is 1. The van der Waals surface area contributed by atoms with E-state index < -0.39 is 10.7 Å². The highest BCUT2D eigenvalue weighted by atomic mass is 35.5. The molecule has 0 aliphatic heterocycles. The fourth-order valence-electron chi connectivity index (χ4n) is 1.72. The summed E-state index contributed by atoms with van der Waals surface area (Å²) in [7, 11) is 0. The number of rotatable bonds is 5. The SMILES string of the molecule is O=[N+]([O-])c1cc(CO)ccc1OCc1ccc(F)cc1Cl. The molecule has 0 radical (unpaired) electrons. The Morgan fingerprint density at radius 1 is 1.29 bits per heavy atom. The number of nitro groups is 1. The minimum Gasteiger partial charge on any atom is -0.482 e. The maximum atomic E-state index is 12.9. The van der Waals surface area contributed by atoms with Crippen molar-refractivity contribution >= 4 is 17.3 Å². The van der Waals surface area contributed by atoms with Gasteiger partial charge in [-0.1, -0.05) is 23.7 Å². The second-order valence-corrected chi connectivity index (χ2v) is 4.65. The zero-order chi connectivity index (χ0) is 15.4. The fraction of sp³-hybridized carbons (Fsp3) is 0.143. The van der Waals surface area contributed by atoms with E-state index in [-0.39, 0.29) is 29.7 Å². The van der Waals surface area contributed by atoms with Gasteiger partial charge >= 0.3 is 5.69 Å². The van der Waals surface area contributed by atoms with E-state index in [1.54, 1.807) is 0 Å². The molecule has 7 heteroatoms. The van der Waals surface area contributed by atoms with E-state index >= 15 is 0 Å². The molecule has 0 aliphatic carbocycles. The van der Waals surface area contributed by atoms with Crippen LogP contribution in [0.25, 0.3) is 0 Å². The molecule has 21 heavy (non-hydrogen) atoms. The molecule has 0 heterocycles. The first-order valence-electron chi connectivity index (χ1n) is 5.96. The number of nitrogens with zero attached hydrogens (tertiary/aromatic N) is 1. The summed E-state index contributed by atoms with van der Waals surface area (Å²) in [6.07, 6.45) is 0. The quantitative estimate of drug-likeness (QED) is 0.678. The van der Waals surface area contributed by atoms with Crippen molar-refractivity contribution in [1.29, 1.82) is 0 Å². The second-order valence-electron chi connectivity index (χ2n) is 4.24. The van der Waals surface area contributed by atoms with Gasteiger partial charge in [0, 0.05) is 11.6 Å². The number of hydrogen-bond acceptors (Lipinski definition) is 4. The molecule has 0 aliphatic rings. The highest BCUT2D eigenvalue weighted by molar-refractivity contribution is 6.31. The van der Waals surface area contributed by atoms with Gasteiger partial charge in [-0.05, 0) is 23.8 Å². The summed E-state index contributed by atoms with van der Waals surface area (Å²) in [5.74, 6) is -0.417. The highest BCUT2D eigenvalue weighted by Crippen LogP contribution is 2.29. The zero-order valence-corrected chi connectivity index (χ0v) is 11.5. The highest BCUT2D eigenvalue weighted by Gasteiger charge is 2.16. The molecule has 0 fully saturated rings. The summed E-state index contributed by atoms with van der Waals surface area (Å²) >= 11 is 5.86. The number of nitro benzene ring substituents is 1. The second kappa shape index (κ2) is 6.51. The van der Waals surface area contributed by atoms with Crippen molar-refractivity contribution in [2.24, 2.45) is 0 Å². The Balaban J connectivity index is 2.21. The molecule has 2 rings (SSSR count). The third-order valence-corrected chi connectivity index (χ3v) is 3.15. The average molecular weight is 312 g/mol. The predicted octanol–water partition coefficient (Wildman–Crippen LogP) is 3.46. The first-order chi connectivity index (χ1) is 10.0. The van der Waals surface area contributed by atoms with E-state index in [1.807, 2.05) is 0 Å². The molecule has 1 N–H and O–H groups in total. The van der Waals surface area contributed by atoms with Gasteiger partial charge in [0.2, 0.25) is 0 Å². The largest absolute Gasteiger partial charge is 0.482 e. The van der Waals surface area contributed by atoms with Gasteiger partial charge in [-0.25, -0.2) is 4.39 Å². The van der Waals surface area contributed by atoms with Gasteiger partial charge in [-0.15, -0.1) is 0 Å². The normalized spacial score (nSPS) is 10.4. The molecule has 0 amide bonds. The first kappa shape index (κ1) is 15.2. The van der Waals surface area contributed by atoms with Crippen molar-refractivity contribution in [2.75, 3.05) is 0 Å². The smallest absolute Gasteiger partial charge is 0.311 e. The maximum absolute atomic E-state index is 12.9. The Labute approximate surface area is 124 Å². The minimum absolute atomic E-state index is 0.0293. The van der Waals surface area contributed by atoms with Crippen molar-refractivity contribution in [1.82, 2.24) is 0 Å². The number of aliphatic hydroxyl groups is 1. The van der Waals surface area contributed by atoms with Gasteiger partial charge in [-0.3, -0.25) is 10.1 Å². The third kappa shape index (κ3) is 3.68. The van der Waals surface area contributed by atoms with E-state index in [1.165, 1.54) is 30.3 Å². The molecule has 0 saturated carbocycles. The average Bonchev–Trinajstić information content (AvgIpc) is 2.46. The summed E-state index contributed by atoms with van der Waals surface area (Å²) in [5, 5.41) is 20.2. The molecule has 0 spiro atoms. The Morgan fingerprint density at radius 3 is 2.67 bits per heavy atom. The molecule has 2 aromatic rings. The lowest BCUT2D eigenvalue weighted by Crippen LogP contribution is -2.01. The van der Waals surface area contributed by atoms with Gasteiger partial charge in [0.25, 0.3) is 0 Å². The topological polar surface area (TPSA) is 72.6 Å². The number of benzene rings is 2. The van der Waals surface area contributed by atoms with Crippen LogP contribution in [0, 0.1) is 15.9 Å². The molecule has 0 bridgehead atoms. The van der Waals surface area contributed by atoms with Crippen LogP contribution in [0.2, 0.25) is 5.02 Å². The van der Waals surface area contributed by atoms with E-state index in [0.717, 1.165) is 6.07 Å². The van der Waals surface area contributed by atoms with Crippen LogP contribution in [-0.4, -0.2) is 10.0 Å². The van der Waals surface area contributed by atoms with Gasteiger partial charge < -0.3 is 9.84 Å². The third-order valence-electron chi connectivity index (χ3n) is 2.80. The van der Waals surface area contributed by atoms with E-state index in [2.05, 4.69) is 0 Å².